The zero-order chi connectivity index (χ0) is 20.6. The lowest BCUT2D eigenvalue weighted by Gasteiger charge is -2.33. The topological polar surface area (TPSA) is 60.0 Å². The van der Waals surface area contributed by atoms with Crippen LogP contribution in [0.4, 0.5) is 5.00 Å². The van der Waals surface area contributed by atoms with Gasteiger partial charge < -0.3 is 20.4 Å². The number of amides is 1. The number of nitrogens with one attached hydrogen (secondary N) is 2. The second kappa shape index (κ2) is 12.1. The molecule has 1 aliphatic rings. The molecule has 6 nitrogen and oxygen atoms in total. The molecular weight excluding hydrogens is 509 g/mol. The summed E-state index contributed by atoms with van der Waals surface area (Å²) in [5.41, 5.74) is 1.79. The largest absolute Gasteiger partial charge is 0.363 e. The van der Waals surface area contributed by atoms with Crippen LogP contribution in [-0.4, -0.2) is 56.5 Å². The fourth-order valence-electron chi connectivity index (χ4n) is 3.39. The molecule has 2 aromatic rings. The molecule has 1 amide bonds. The second-order valence-electron chi connectivity index (χ2n) is 7.45. The third-order valence-electron chi connectivity index (χ3n) is 5.02. The quantitative estimate of drug-likeness (QED) is 0.332. The molecule has 2 heterocycles. The molecule has 2 N–H and O–H groups in total. The number of nitrogens with zero attached hydrogens (tertiary/aromatic N) is 3. The van der Waals surface area contributed by atoms with Crippen molar-refractivity contribution in [2.75, 3.05) is 38.6 Å². The van der Waals surface area contributed by atoms with E-state index in [9.17, 15) is 4.79 Å². The first-order valence-corrected chi connectivity index (χ1v) is 11.1. The summed E-state index contributed by atoms with van der Waals surface area (Å²) in [5, 5.41) is 10.4. The maximum atomic E-state index is 12.0. The number of anilines is 1. The summed E-state index contributed by atoms with van der Waals surface area (Å²) in [5.74, 6) is 0.875. The number of halogens is 1. The minimum absolute atomic E-state index is 0. The molecule has 8 heteroatoms. The van der Waals surface area contributed by atoms with Gasteiger partial charge in [0, 0.05) is 45.3 Å². The van der Waals surface area contributed by atoms with Crippen LogP contribution in [0.1, 0.15) is 35.7 Å². The highest BCUT2D eigenvalue weighted by Crippen LogP contribution is 2.24. The molecule has 1 aliphatic heterocycles. The third kappa shape index (κ3) is 6.87. The predicted octanol–water partition coefficient (Wildman–Crippen LogP) is 3.79. The second-order valence-corrected chi connectivity index (χ2v) is 8.37. The van der Waals surface area contributed by atoms with Gasteiger partial charge in [0.2, 0.25) is 0 Å². The molecular formula is C22H32IN5OS. The van der Waals surface area contributed by atoms with Gasteiger partial charge in [-0.15, -0.1) is 35.3 Å². The monoisotopic (exact) mass is 541 g/mol. The summed E-state index contributed by atoms with van der Waals surface area (Å²) in [6, 6.07) is 12.4. The maximum Gasteiger partial charge on any atom is 0.253 e. The molecule has 1 fully saturated rings. The predicted molar refractivity (Wildman–Crippen MR) is 137 cm³/mol. The lowest BCUT2D eigenvalue weighted by molar-refractivity contribution is 0.0827. The summed E-state index contributed by atoms with van der Waals surface area (Å²) in [4.78, 5) is 20.8. The van der Waals surface area contributed by atoms with Crippen LogP contribution in [0.25, 0.3) is 0 Å². The Hall–Kier alpha value is -1.81. The summed E-state index contributed by atoms with van der Waals surface area (Å²) in [6.45, 7) is 5.63. The van der Waals surface area contributed by atoms with Crippen molar-refractivity contribution < 1.29 is 4.79 Å². The number of benzene rings is 1. The average molecular weight is 542 g/mol. The highest BCUT2D eigenvalue weighted by molar-refractivity contribution is 14.0. The van der Waals surface area contributed by atoms with Crippen LogP contribution < -0.4 is 15.5 Å². The van der Waals surface area contributed by atoms with Crippen LogP contribution in [0, 0.1) is 0 Å². The molecule has 1 aromatic heterocycles. The van der Waals surface area contributed by atoms with E-state index in [0.29, 0.717) is 18.2 Å². The van der Waals surface area contributed by atoms with Gasteiger partial charge in [-0.1, -0.05) is 12.1 Å². The highest BCUT2D eigenvalue weighted by Gasteiger charge is 2.20. The average Bonchev–Trinajstić information content (AvgIpc) is 3.27. The number of thiophene rings is 1. The molecule has 0 aliphatic carbocycles. The van der Waals surface area contributed by atoms with Gasteiger partial charge in [0.25, 0.3) is 5.91 Å². The molecule has 0 saturated carbocycles. The molecule has 30 heavy (non-hydrogen) atoms. The van der Waals surface area contributed by atoms with Crippen molar-refractivity contribution in [2.45, 2.75) is 32.4 Å². The van der Waals surface area contributed by atoms with Crippen molar-refractivity contribution in [1.82, 2.24) is 15.5 Å². The summed E-state index contributed by atoms with van der Waals surface area (Å²) >= 11 is 1.81. The lowest BCUT2D eigenvalue weighted by Crippen LogP contribution is -2.48. The molecule has 0 bridgehead atoms. The van der Waals surface area contributed by atoms with Gasteiger partial charge in [-0.05, 0) is 55.0 Å². The van der Waals surface area contributed by atoms with Gasteiger partial charge in [0.05, 0.1) is 11.5 Å². The molecule has 3 rings (SSSR count). The molecule has 0 atom stereocenters. The third-order valence-corrected chi connectivity index (χ3v) is 5.95. The summed E-state index contributed by atoms with van der Waals surface area (Å²) in [6.07, 6.45) is 2.20. The Morgan fingerprint density at radius 1 is 1.20 bits per heavy atom. The van der Waals surface area contributed by atoms with Crippen molar-refractivity contribution in [1.29, 1.82) is 0 Å². The minimum atomic E-state index is 0. The van der Waals surface area contributed by atoms with E-state index in [1.54, 1.807) is 19.0 Å². The zero-order valence-corrected chi connectivity index (χ0v) is 21.1. The van der Waals surface area contributed by atoms with Gasteiger partial charge in [-0.3, -0.25) is 4.79 Å². The van der Waals surface area contributed by atoms with E-state index < -0.39 is 0 Å². The first kappa shape index (κ1) is 24.5. The van der Waals surface area contributed by atoms with Crippen LogP contribution >= 0.6 is 35.3 Å². The van der Waals surface area contributed by atoms with Crippen molar-refractivity contribution >= 4 is 52.2 Å². The lowest BCUT2D eigenvalue weighted by atomic mass is 10.1. The number of rotatable bonds is 6. The number of hydrogen-bond donors (Lipinski definition) is 2. The summed E-state index contributed by atoms with van der Waals surface area (Å²) < 4.78 is 0. The smallest absolute Gasteiger partial charge is 0.253 e. The Bertz CT molecular complexity index is 799. The molecule has 1 saturated heterocycles. The SMILES string of the molecule is CCNC(=NCc1ccc(C(=O)N(C)C)cc1)NC1CCN(c2cccs2)CC1.I. The van der Waals surface area contributed by atoms with E-state index in [-0.39, 0.29) is 29.9 Å². The van der Waals surface area contributed by atoms with Crippen molar-refractivity contribution in [3.8, 4) is 0 Å². The van der Waals surface area contributed by atoms with E-state index in [0.717, 1.165) is 44.0 Å². The molecule has 0 spiro atoms. The maximum absolute atomic E-state index is 12.0. The number of carbonyl (C=O) groups is 1. The van der Waals surface area contributed by atoms with E-state index >= 15 is 0 Å². The van der Waals surface area contributed by atoms with Crippen molar-refractivity contribution in [2.24, 2.45) is 4.99 Å². The van der Waals surface area contributed by atoms with E-state index in [2.05, 4.69) is 40.0 Å². The van der Waals surface area contributed by atoms with Gasteiger partial charge >= 0.3 is 0 Å². The first-order valence-electron chi connectivity index (χ1n) is 10.2. The number of guanidine groups is 1. The summed E-state index contributed by atoms with van der Waals surface area (Å²) in [7, 11) is 3.53. The van der Waals surface area contributed by atoms with Gasteiger partial charge in [-0.25, -0.2) is 4.99 Å². The number of piperidine rings is 1. The number of carbonyl (C=O) groups excluding carboxylic acids is 1. The van der Waals surface area contributed by atoms with E-state index in [1.165, 1.54) is 5.00 Å². The number of hydrogen-bond acceptors (Lipinski definition) is 4. The molecule has 0 unspecified atom stereocenters. The fraction of sp³-hybridized carbons (Fsp3) is 0.455. The van der Waals surface area contributed by atoms with Crippen molar-refractivity contribution in [3.05, 3.63) is 52.9 Å². The van der Waals surface area contributed by atoms with Crippen LogP contribution in [-0.2, 0) is 6.54 Å². The van der Waals surface area contributed by atoms with Crippen LogP contribution in [0.3, 0.4) is 0 Å². The van der Waals surface area contributed by atoms with Crippen molar-refractivity contribution in [3.63, 3.8) is 0 Å². The zero-order valence-electron chi connectivity index (χ0n) is 17.9. The van der Waals surface area contributed by atoms with E-state index in [1.807, 2.05) is 35.6 Å². The molecule has 1 aromatic carbocycles. The van der Waals surface area contributed by atoms with Gasteiger partial charge in [-0.2, -0.15) is 0 Å². The Morgan fingerprint density at radius 3 is 2.47 bits per heavy atom. The molecule has 164 valence electrons. The first-order chi connectivity index (χ1) is 14.1. The van der Waals surface area contributed by atoms with Crippen LogP contribution in [0.2, 0.25) is 0 Å². The minimum Gasteiger partial charge on any atom is -0.363 e. The molecule has 0 radical (unpaired) electrons. The Labute approximate surface area is 200 Å². The van der Waals surface area contributed by atoms with Gasteiger partial charge in [0.1, 0.15) is 0 Å². The van der Waals surface area contributed by atoms with E-state index in [4.69, 9.17) is 4.99 Å². The Morgan fingerprint density at radius 2 is 1.90 bits per heavy atom. The standard InChI is InChI=1S/C22H31N5OS.HI/c1-4-23-22(24-16-17-7-9-18(10-8-17)21(28)26(2)3)25-19-11-13-27(14-12-19)20-6-5-15-29-20;/h5-10,15,19H,4,11-14,16H2,1-3H3,(H2,23,24,25);1H. The fourth-order valence-corrected chi connectivity index (χ4v) is 4.17. The normalized spacial score (nSPS) is 14.8. The van der Waals surface area contributed by atoms with Crippen LogP contribution in [0.5, 0.6) is 0 Å². The Kier molecular flexibility index (Phi) is 9.90. The van der Waals surface area contributed by atoms with Gasteiger partial charge in [0.15, 0.2) is 5.96 Å². The van der Waals surface area contributed by atoms with Crippen LogP contribution in [0.15, 0.2) is 46.8 Å². The highest BCUT2D eigenvalue weighted by atomic mass is 127. The Balaban J connectivity index is 0.00000320. The number of aliphatic imine (C=N–C) groups is 1.